The lowest BCUT2D eigenvalue weighted by atomic mass is 9.93. The van der Waals surface area contributed by atoms with E-state index < -0.39 is 10.0 Å². The molecule has 4 aromatic rings. The highest BCUT2D eigenvalue weighted by molar-refractivity contribution is 7.93. The number of fused-ring (bicyclic) bond motifs is 3. The largest absolute Gasteiger partial charge is 0.492 e. The molecule has 1 unspecified atom stereocenters. The van der Waals surface area contributed by atoms with E-state index in [4.69, 9.17) is 9.47 Å². The van der Waals surface area contributed by atoms with Crippen LogP contribution in [0.15, 0.2) is 29.2 Å². The molecule has 0 fully saturated rings. The maximum atomic E-state index is 15.3. The van der Waals surface area contributed by atoms with Gasteiger partial charge in [-0.3, -0.25) is 4.31 Å². The molecule has 5 heterocycles. The summed E-state index contributed by atoms with van der Waals surface area (Å²) < 4.78 is 46.1. The Balaban J connectivity index is 1.27. The molecule has 0 aliphatic carbocycles. The number of nitrogens with zero attached hydrogens (tertiary/aromatic N) is 1. The molecule has 1 aliphatic rings. The Morgan fingerprint density at radius 2 is 0.667 bits per heavy atom. The molecule has 0 bridgehead atoms. The number of sulfonamides is 1. The highest BCUT2D eigenvalue weighted by atomic mass is 32.2. The summed E-state index contributed by atoms with van der Waals surface area (Å²) in [5.41, 5.74) is 0.907. The molecule has 10 heteroatoms. The number of rotatable bonds is 56. The smallest absolute Gasteiger partial charge is 0.265 e. The van der Waals surface area contributed by atoms with Crippen LogP contribution in [0.4, 0.5) is 5.69 Å². The Morgan fingerprint density at radius 1 is 0.357 bits per heavy atom. The summed E-state index contributed by atoms with van der Waals surface area (Å²) in [4.78, 5) is 9.28. The van der Waals surface area contributed by atoms with Crippen LogP contribution in [0, 0.1) is 19.8 Å². The van der Waals surface area contributed by atoms with E-state index >= 15 is 8.42 Å². The first kappa shape index (κ1) is 72.9. The van der Waals surface area contributed by atoms with E-state index in [1.807, 2.05) is 10.4 Å². The number of thiophene rings is 4. The SMILES string of the molecule is CCCCCCCCCCCCCCCCC(CCCCCCCCCCCCCC)CN1c2cc(C)sc2-c2sc(-c3cc(OCCCCCCCCCCCC)c(-c4sc(C)cc4OCCCCCCCCCCCC)s3)cc2S1(=O)=O. The summed E-state index contributed by atoms with van der Waals surface area (Å²) in [6.07, 6.45) is 63.3. The molecule has 0 radical (unpaired) electrons. The highest BCUT2D eigenvalue weighted by Gasteiger charge is 2.40. The van der Waals surface area contributed by atoms with Gasteiger partial charge < -0.3 is 9.47 Å². The molecule has 0 saturated heterocycles. The van der Waals surface area contributed by atoms with Gasteiger partial charge >= 0.3 is 0 Å². The Morgan fingerprint density at radius 3 is 1.07 bits per heavy atom. The maximum Gasteiger partial charge on any atom is 0.265 e. The van der Waals surface area contributed by atoms with Crippen LogP contribution < -0.4 is 13.8 Å². The fraction of sp³-hybridized carbons (Fsp3) is 0.784. The van der Waals surface area contributed by atoms with E-state index in [1.165, 1.54) is 292 Å². The molecule has 480 valence electrons. The lowest BCUT2D eigenvalue weighted by molar-refractivity contribution is 0.303. The summed E-state index contributed by atoms with van der Waals surface area (Å²) in [5, 5.41) is 0. The van der Waals surface area contributed by atoms with Crippen LogP contribution >= 0.6 is 45.3 Å². The van der Waals surface area contributed by atoms with Crippen molar-refractivity contribution in [1.82, 2.24) is 0 Å². The van der Waals surface area contributed by atoms with Crippen LogP contribution in [0.2, 0.25) is 0 Å². The van der Waals surface area contributed by atoms with Crippen LogP contribution in [0.25, 0.3) is 29.3 Å². The summed E-state index contributed by atoms with van der Waals surface area (Å²) in [6, 6.07) is 8.64. The number of anilines is 1. The molecule has 1 aliphatic heterocycles. The van der Waals surface area contributed by atoms with Gasteiger partial charge in [-0.15, -0.1) is 45.3 Å². The second-order valence-electron chi connectivity index (χ2n) is 25.8. The maximum absolute atomic E-state index is 15.3. The molecule has 1 atom stereocenters. The van der Waals surface area contributed by atoms with Gasteiger partial charge in [-0.2, -0.15) is 0 Å². The third-order valence-corrected chi connectivity index (χ3v) is 24.7. The average molecular weight is 1250 g/mol. The Labute approximate surface area is 534 Å². The molecule has 5 rings (SSSR count). The van der Waals surface area contributed by atoms with Gasteiger partial charge in [0.1, 0.15) is 16.4 Å². The zero-order valence-electron chi connectivity index (χ0n) is 55.1. The first-order chi connectivity index (χ1) is 41.2. The number of ether oxygens (including phenoxy) is 2. The lowest BCUT2D eigenvalue weighted by Crippen LogP contribution is -2.37. The van der Waals surface area contributed by atoms with Crippen LogP contribution in [-0.2, 0) is 10.0 Å². The topological polar surface area (TPSA) is 55.8 Å². The Hall–Kier alpha value is -1.85. The third-order valence-electron chi connectivity index (χ3n) is 17.9. The summed E-state index contributed by atoms with van der Waals surface area (Å²) in [7, 11) is -3.79. The van der Waals surface area contributed by atoms with Crippen LogP contribution in [-0.4, -0.2) is 28.2 Å². The van der Waals surface area contributed by atoms with Crippen LogP contribution in [0.5, 0.6) is 11.5 Å². The summed E-state index contributed by atoms with van der Waals surface area (Å²) in [5.74, 6) is 2.21. The van der Waals surface area contributed by atoms with Crippen molar-refractivity contribution in [3.8, 4) is 40.8 Å². The van der Waals surface area contributed by atoms with Gasteiger partial charge in [-0.25, -0.2) is 8.42 Å². The van der Waals surface area contributed by atoms with Crippen molar-refractivity contribution >= 4 is 61.1 Å². The van der Waals surface area contributed by atoms with Gasteiger partial charge in [0.05, 0.1) is 38.4 Å². The van der Waals surface area contributed by atoms with Crippen molar-refractivity contribution in [2.75, 3.05) is 24.1 Å². The van der Waals surface area contributed by atoms with Gasteiger partial charge in [0.15, 0.2) is 0 Å². The molecular weight excluding hydrogens is 1130 g/mol. The second-order valence-corrected chi connectivity index (χ2v) is 32.2. The summed E-state index contributed by atoms with van der Waals surface area (Å²) in [6.45, 7) is 15.5. The zero-order valence-corrected chi connectivity index (χ0v) is 59.2. The quantitative estimate of drug-likeness (QED) is 0.0414. The first-order valence-corrected chi connectivity index (χ1v) is 40.7. The minimum Gasteiger partial charge on any atom is -0.492 e. The molecule has 0 N–H and O–H groups in total. The molecule has 4 aromatic heterocycles. The number of hydrogen-bond acceptors (Lipinski definition) is 8. The van der Waals surface area contributed by atoms with Crippen molar-refractivity contribution in [2.24, 2.45) is 5.92 Å². The zero-order chi connectivity index (χ0) is 59.7. The lowest BCUT2D eigenvalue weighted by Gasteiger charge is -2.32. The average Bonchev–Trinajstić information content (AvgIpc) is 2.73. The molecule has 84 heavy (non-hydrogen) atoms. The molecule has 0 saturated carbocycles. The third kappa shape index (κ3) is 27.9. The highest BCUT2D eigenvalue weighted by Crippen LogP contribution is 2.56. The second kappa shape index (κ2) is 45.4. The van der Waals surface area contributed by atoms with Crippen molar-refractivity contribution in [1.29, 1.82) is 0 Å². The molecule has 5 nitrogen and oxygen atoms in total. The van der Waals surface area contributed by atoms with Crippen molar-refractivity contribution in [3.63, 3.8) is 0 Å². The number of unbranched alkanes of at least 4 members (excludes halogenated alkanes) is 42. The fourth-order valence-corrected chi connectivity index (χ4v) is 19.4. The predicted molar refractivity (Wildman–Crippen MR) is 377 cm³/mol. The first-order valence-electron chi connectivity index (χ1n) is 36.0. The minimum atomic E-state index is -3.79. The van der Waals surface area contributed by atoms with Gasteiger partial charge in [0.2, 0.25) is 0 Å². The van der Waals surface area contributed by atoms with Crippen LogP contribution in [0.3, 0.4) is 0 Å². The van der Waals surface area contributed by atoms with E-state index in [0.29, 0.717) is 24.0 Å². The molecular formula is C74H125NO4S5. The van der Waals surface area contributed by atoms with E-state index in [2.05, 4.69) is 59.7 Å². The minimum absolute atomic E-state index is 0.346. The van der Waals surface area contributed by atoms with E-state index in [-0.39, 0.29) is 0 Å². The summed E-state index contributed by atoms with van der Waals surface area (Å²) >= 11 is 6.98. The van der Waals surface area contributed by atoms with Gasteiger partial charge in [-0.1, -0.05) is 310 Å². The Bertz CT molecular complexity index is 2360. The fourth-order valence-electron chi connectivity index (χ4n) is 12.7. The Kier molecular flexibility index (Phi) is 39.4. The van der Waals surface area contributed by atoms with E-state index in [0.717, 1.165) is 78.7 Å². The van der Waals surface area contributed by atoms with Gasteiger partial charge in [0.25, 0.3) is 10.0 Å². The molecule has 0 aromatic carbocycles. The normalized spacial score (nSPS) is 13.3. The number of aryl methyl sites for hydroxylation is 2. The number of hydrogen-bond donors (Lipinski definition) is 0. The van der Waals surface area contributed by atoms with Crippen LogP contribution in [0.1, 0.15) is 346 Å². The molecule has 0 spiro atoms. The van der Waals surface area contributed by atoms with Crippen molar-refractivity contribution < 1.29 is 17.9 Å². The van der Waals surface area contributed by atoms with E-state index in [1.54, 1.807) is 45.3 Å². The monoisotopic (exact) mass is 1250 g/mol. The van der Waals surface area contributed by atoms with Crippen molar-refractivity contribution in [3.05, 3.63) is 34.0 Å². The van der Waals surface area contributed by atoms with Gasteiger partial charge in [-0.05, 0) is 63.6 Å². The predicted octanol–water partition coefficient (Wildman–Crippen LogP) is 27.2. The standard InChI is InChI=1S/C74H125NO4S5/c1-7-11-15-19-23-27-31-33-34-36-38-42-46-50-54-64(53-49-45-41-37-35-32-28-24-20-16-12-8-2)61-75-65-57-62(5)80-71(65)74-70(84(75,76)77)60-69(83-74)68-59-67(79-56-52-48-44-40-30-26-22-18-14-10-4)73(82-68)72-66(58-63(6)81-72)78-55-51-47-43-39-29-25-21-17-13-9-3/h57-60,64H,7-56,61H2,1-6H3. The van der Waals surface area contributed by atoms with Crippen molar-refractivity contribution in [2.45, 2.75) is 355 Å². The molecule has 0 amide bonds. The van der Waals surface area contributed by atoms with E-state index in [9.17, 15) is 0 Å². The van der Waals surface area contributed by atoms with Gasteiger partial charge in [0, 0.05) is 32.1 Å².